The Morgan fingerprint density at radius 1 is 1.36 bits per heavy atom. The predicted molar refractivity (Wildman–Crippen MR) is 44.4 cm³/mol. The molecule has 4 unspecified atom stereocenters. The van der Waals surface area contributed by atoms with E-state index in [1.165, 1.54) is 0 Å². The summed E-state index contributed by atoms with van der Waals surface area (Å²) < 4.78 is 5.57. The van der Waals surface area contributed by atoms with E-state index in [1.807, 2.05) is 0 Å². The van der Waals surface area contributed by atoms with Crippen LogP contribution < -0.4 is 0 Å². The largest absolute Gasteiger partial charge is 0.394 e. The maximum Gasteiger partial charge on any atom is 0.0837 e. The van der Waals surface area contributed by atoms with E-state index in [0.29, 0.717) is 17.9 Å². The van der Waals surface area contributed by atoms with Crippen molar-refractivity contribution < 1.29 is 9.84 Å². The van der Waals surface area contributed by atoms with Crippen molar-refractivity contribution in [2.24, 2.45) is 11.8 Å². The molecule has 0 radical (unpaired) electrons. The average Bonchev–Trinajstić information content (AvgIpc) is 1.96. The maximum atomic E-state index is 8.97. The monoisotopic (exact) mass is 158 g/mol. The van der Waals surface area contributed by atoms with Crippen LogP contribution in [-0.4, -0.2) is 23.9 Å². The van der Waals surface area contributed by atoms with Crippen LogP contribution in [0.3, 0.4) is 0 Å². The Bertz CT molecular complexity index is 125. The Kier molecular flexibility index (Phi) is 2.90. The molecule has 1 aliphatic heterocycles. The van der Waals surface area contributed by atoms with E-state index in [2.05, 4.69) is 20.8 Å². The van der Waals surface area contributed by atoms with Gasteiger partial charge in [0.25, 0.3) is 0 Å². The molecule has 66 valence electrons. The van der Waals surface area contributed by atoms with Gasteiger partial charge in [0.05, 0.1) is 18.8 Å². The summed E-state index contributed by atoms with van der Waals surface area (Å²) in [5, 5.41) is 8.97. The van der Waals surface area contributed by atoms with Crippen LogP contribution in [0.1, 0.15) is 27.2 Å². The maximum absolute atomic E-state index is 8.97. The van der Waals surface area contributed by atoms with E-state index in [1.54, 1.807) is 0 Å². The molecule has 11 heavy (non-hydrogen) atoms. The van der Waals surface area contributed by atoms with Gasteiger partial charge in [-0.15, -0.1) is 0 Å². The fourth-order valence-electron chi connectivity index (χ4n) is 1.79. The molecule has 4 atom stereocenters. The summed E-state index contributed by atoms with van der Waals surface area (Å²) >= 11 is 0. The first kappa shape index (κ1) is 9.01. The van der Waals surface area contributed by atoms with Gasteiger partial charge in [0, 0.05) is 0 Å². The van der Waals surface area contributed by atoms with Crippen molar-refractivity contribution in [3.05, 3.63) is 0 Å². The van der Waals surface area contributed by atoms with Crippen molar-refractivity contribution in [2.75, 3.05) is 6.61 Å². The summed E-state index contributed by atoms with van der Waals surface area (Å²) in [5.74, 6) is 1.17. The molecule has 1 aliphatic rings. The zero-order valence-corrected chi connectivity index (χ0v) is 7.58. The van der Waals surface area contributed by atoms with Crippen LogP contribution in [0.25, 0.3) is 0 Å². The molecule has 2 nitrogen and oxygen atoms in total. The van der Waals surface area contributed by atoms with Crippen LogP contribution in [0.15, 0.2) is 0 Å². The lowest BCUT2D eigenvalue weighted by Gasteiger charge is -2.36. The zero-order chi connectivity index (χ0) is 8.43. The Hall–Kier alpha value is -0.0800. The van der Waals surface area contributed by atoms with Gasteiger partial charge >= 0.3 is 0 Å². The van der Waals surface area contributed by atoms with Gasteiger partial charge in [-0.2, -0.15) is 0 Å². The molecule has 1 fully saturated rings. The highest BCUT2D eigenvalue weighted by Crippen LogP contribution is 2.29. The van der Waals surface area contributed by atoms with Gasteiger partial charge in [-0.05, 0) is 25.2 Å². The predicted octanol–water partition coefficient (Wildman–Crippen LogP) is 1.43. The molecule has 1 N–H and O–H groups in total. The van der Waals surface area contributed by atoms with Crippen molar-refractivity contribution >= 4 is 0 Å². The van der Waals surface area contributed by atoms with E-state index in [0.717, 1.165) is 6.42 Å². The molecule has 0 aliphatic carbocycles. The lowest BCUT2D eigenvalue weighted by atomic mass is 9.84. The molecule has 1 heterocycles. The lowest BCUT2D eigenvalue weighted by molar-refractivity contribution is -0.112. The fraction of sp³-hybridized carbons (Fsp3) is 1.00. The van der Waals surface area contributed by atoms with Gasteiger partial charge < -0.3 is 9.84 Å². The lowest BCUT2D eigenvalue weighted by Crippen LogP contribution is -2.39. The van der Waals surface area contributed by atoms with E-state index < -0.39 is 0 Å². The van der Waals surface area contributed by atoms with Crippen LogP contribution in [0.5, 0.6) is 0 Å². The SMILES string of the molecule is CC1CC(C)C(C)C(CO)O1. The summed E-state index contributed by atoms with van der Waals surface area (Å²) in [6.07, 6.45) is 1.50. The molecule has 0 aromatic heterocycles. The third-order valence-electron chi connectivity index (χ3n) is 2.77. The van der Waals surface area contributed by atoms with Crippen molar-refractivity contribution in [2.45, 2.75) is 39.4 Å². The van der Waals surface area contributed by atoms with Crippen LogP contribution in [0.2, 0.25) is 0 Å². The molecule has 0 spiro atoms. The van der Waals surface area contributed by atoms with Crippen LogP contribution in [0.4, 0.5) is 0 Å². The van der Waals surface area contributed by atoms with Crippen molar-refractivity contribution in [3.63, 3.8) is 0 Å². The summed E-state index contributed by atoms with van der Waals surface area (Å²) in [5.41, 5.74) is 0. The topological polar surface area (TPSA) is 29.5 Å². The van der Waals surface area contributed by atoms with E-state index in [4.69, 9.17) is 9.84 Å². The molecule has 0 saturated carbocycles. The Morgan fingerprint density at radius 3 is 2.55 bits per heavy atom. The van der Waals surface area contributed by atoms with Crippen molar-refractivity contribution in [3.8, 4) is 0 Å². The Labute approximate surface area is 68.6 Å². The number of rotatable bonds is 1. The molecule has 0 bridgehead atoms. The molecular weight excluding hydrogens is 140 g/mol. The minimum absolute atomic E-state index is 0.0637. The quantitative estimate of drug-likeness (QED) is 0.625. The highest BCUT2D eigenvalue weighted by molar-refractivity contribution is 4.78. The van der Waals surface area contributed by atoms with E-state index in [-0.39, 0.29) is 12.7 Å². The first-order chi connectivity index (χ1) is 5.15. The van der Waals surface area contributed by atoms with Crippen molar-refractivity contribution in [1.29, 1.82) is 0 Å². The third kappa shape index (κ3) is 1.94. The van der Waals surface area contributed by atoms with Gasteiger partial charge in [0.2, 0.25) is 0 Å². The highest BCUT2D eigenvalue weighted by atomic mass is 16.5. The molecule has 0 aromatic carbocycles. The van der Waals surface area contributed by atoms with E-state index >= 15 is 0 Å². The van der Waals surface area contributed by atoms with Gasteiger partial charge in [-0.3, -0.25) is 0 Å². The molecule has 0 aromatic rings. The van der Waals surface area contributed by atoms with Gasteiger partial charge in [-0.25, -0.2) is 0 Å². The molecule has 0 amide bonds. The van der Waals surface area contributed by atoms with E-state index in [9.17, 15) is 0 Å². The minimum Gasteiger partial charge on any atom is -0.394 e. The fourth-order valence-corrected chi connectivity index (χ4v) is 1.79. The van der Waals surface area contributed by atoms with Gasteiger partial charge in [0.1, 0.15) is 0 Å². The van der Waals surface area contributed by atoms with Crippen LogP contribution in [0, 0.1) is 11.8 Å². The second-order valence-electron chi connectivity index (χ2n) is 3.74. The first-order valence-electron chi connectivity index (χ1n) is 4.41. The van der Waals surface area contributed by atoms with Crippen LogP contribution in [-0.2, 0) is 4.74 Å². The Morgan fingerprint density at radius 2 is 2.00 bits per heavy atom. The number of hydrogen-bond acceptors (Lipinski definition) is 2. The minimum atomic E-state index is 0.0637. The summed E-state index contributed by atoms with van der Waals surface area (Å²) in [6.45, 7) is 6.62. The normalized spacial score (nSPS) is 45.8. The van der Waals surface area contributed by atoms with Gasteiger partial charge in [-0.1, -0.05) is 13.8 Å². The Balaban J connectivity index is 2.51. The molecule has 2 heteroatoms. The van der Waals surface area contributed by atoms with Crippen LogP contribution >= 0.6 is 0 Å². The summed E-state index contributed by atoms with van der Waals surface area (Å²) in [6, 6.07) is 0. The second kappa shape index (κ2) is 3.55. The molecule has 1 saturated heterocycles. The number of aliphatic hydroxyl groups is 1. The average molecular weight is 158 g/mol. The summed E-state index contributed by atoms with van der Waals surface area (Å²) in [4.78, 5) is 0. The standard InChI is InChI=1S/C9H18O2/c1-6-4-7(2)11-9(5-10)8(6)3/h6-10H,4-5H2,1-3H3. The smallest absolute Gasteiger partial charge is 0.0837 e. The van der Waals surface area contributed by atoms with Gasteiger partial charge in [0.15, 0.2) is 0 Å². The zero-order valence-electron chi connectivity index (χ0n) is 7.58. The third-order valence-corrected chi connectivity index (χ3v) is 2.77. The first-order valence-corrected chi connectivity index (χ1v) is 4.41. The number of ether oxygens (including phenoxy) is 1. The molecular formula is C9H18O2. The second-order valence-corrected chi connectivity index (χ2v) is 3.74. The summed E-state index contributed by atoms with van der Waals surface area (Å²) in [7, 11) is 0. The van der Waals surface area contributed by atoms with Crippen molar-refractivity contribution in [1.82, 2.24) is 0 Å². The number of aliphatic hydroxyl groups excluding tert-OH is 1. The highest BCUT2D eigenvalue weighted by Gasteiger charge is 2.30. The molecule has 1 rings (SSSR count). The number of hydrogen-bond donors (Lipinski definition) is 1.